The van der Waals surface area contributed by atoms with Crippen LogP contribution in [-0.4, -0.2) is 65.7 Å². The van der Waals surface area contributed by atoms with E-state index in [0.29, 0.717) is 32.6 Å². The monoisotopic (exact) mass is 328 g/mol. The molecule has 0 saturated carbocycles. The number of rotatable bonds is 3. The fraction of sp³-hybridized carbons (Fsp3) is 0.714. The number of hydrogen-bond acceptors (Lipinski definition) is 4. The molecule has 1 fully saturated rings. The summed E-state index contributed by atoms with van der Waals surface area (Å²) < 4.78 is 26.4. The van der Waals surface area contributed by atoms with Gasteiger partial charge < -0.3 is 4.90 Å². The molecule has 1 saturated heterocycles. The van der Waals surface area contributed by atoms with E-state index in [4.69, 9.17) is 0 Å². The predicted octanol–water partition coefficient (Wildman–Crippen LogP) is 0.555. The number of carbonyl (C=O) groups excluding carboxylic acids is 1. The summed E-state index contributed by atoms with van der Waals surface area (Å²) in [7, 11) is -3.20. The van der Waals surface area contributed by atoms with Crippen LogP contribution in [0.15, 0.2) is 6.07 Å². The normalized spacial score (nSPS) is 19.0. The van der Waals surface area contributed by atoms with E-state index in [1.807, 2.05) is 26.8 Å². The second-order valence-corrected chi connectivity index (χ2v) is 7.87. The summed E-state index contributed by atoms with van der Waals surface area (Å²) in [6.07, 6.45) is 1.87. The Morgan fingerprint density at radius 2 is 1.91 bits per heavy atom. The van der Waals surface area contributed by atoms with Gasteiger partial charge in [0.25, 0.3) is 0 Å². The fourth-order valence-corrected chi connectivity index (χ4v) is 3.73. The van der Waals surface area contributed by atoms with Crippen molar-refractivity contribution in [3.63, 3.8) is 0 Å². The fourth-order valence-electron chi connectivity index (χ4n) is 2.85. The average Bonchev–Trinajstić information content (AvgIpc) is 2.65. The van der Waals surface area contributed by atoms with Crippen LogP contribution in [-0.2, 0) is 14.8 Å². The third kappa shape index (κ3) is 3.67. The van der Waals surface area contributed by atoms with E-state index in [9.17, 15) is 13.2 Å². The van der Waals surface area contributed by atoms with Crippen LogP contribution in [0.1, 0.15) is 30.8 Å². The van der Waals surface area contributed by atoms with Crippen LogP contribution in [0.25, 0.3) is 0 Å². The van der Waals surface area contributed by atoms with Crippen LogP contribution in [0.4, 0.5) is 0 Å². The molecule has 1 unspecified atom stereocenters. The van der Waals surface area contributed by atoms with Gasteiger partial charge in [0.1, 0.15) is 6.04 Å². The van der Waals surface area contributed by atoms with Gasteiger partial charge in [-0.15, -0.1) is 0 Å². The molecule has 8 heteroatoms. The Morgan fingerprint density at radius 1 is 1.23 bits per heavy atom. The minimum absolute atomic E-state index is 0.0125. The molecule has 1 atom stereocenters. The van der Waals surface area contributed by atoms with Gasteiger partial charge in [-0.3, -0.25) is 9.48 Å². The van der Waals surface area contributed by atoms with Gasteiger partial charge in [-0.2, -0.15) is 5.10 Å². The summed E-state index contributed by atoms with van der Waals surface area (Å²) in [5.74, 6) is -0.0125. The highest BCUT2D eigenvalue weighted by Crippen LogP contribution is 2.16. The van der Waals surface area contributed by atoms with Crippen LogP contribution in [0.5, 0.6) is 0 Å². The maximum Gasteiger partial charge on any atom is 0.247 e. The Kier molecular flexibility index (Phi) is 4.91. The minimum Gasteiger partial charge on any atom is -0.339 e. The molecule has 2 rings (SSSR count). The molecule has 1 aromatic rings. The van der Waals surface area contributed by atoms with Crippen LogP contribution in [0.3, 0.4) is 0 Å². The molecule has 0 bridgehead atoms. The van der Waals surface area contributed by atoms with Crippen molar-refractivity contribution < 1.29 is 13.2 Å². The molecule has 1 amide bonds. The molecule has 124 valence electrons. The highest BCUT2D eigenvalue weighted by Gasteiger charge is 2.27. The Balaban J connectivity index is 2.08. The molecule has 1 aromatic heterocycles. The van der Waals surface area contributed by atoms with Gasteiger partial charge in [-0.05, 0) is 33.3 Å². The number of aromatic nitrogens is 2. The predicted molar refractivity (Wildman–Crippen MR) is 84.0 cm³/mol. The zero-order chi connectivity index (χ0) is 16.5. The smallest absolute Gasteiger partial charge is 0.247 e. The van der Waals surface area contributed by atoms with Crippen molar-refractivity contribution in [3.8, 4) is 0 Å². The number of amides is 1. The minimum atomic E-state index is -3.20. The molecule has 0 radical (unpaired) electrons. The van der Waals surface area contributed by atoms with Crippen molar-refractivity contribution in [2.45, 2.75) is 33.2 Å². The zero-order valence-electron chi connectivity index (χ0n) is 13.6. The van der Waals surface area contributed by atoms with E-state index in [0.717, 1.165) is 11.4 Å². The third-order valence-electron chi connectivity index (χ3n) is 4.00. The lowest BCUT2D eigenvalue weighted by molar-refractivity contribution is -0.134. The second kappa shape index (κ2) is 6.37. The van der Waals surface area contributed by atoms with Gasteiger partial charge in [0.15, 0.2) is 0 Å². The van der Waals surface area contributed by atoms with Gasteiger partial charge in [0, 0.05) is 31.9 Å². The maximum absolute atomic E-state index is 12.7. The molecule has 2 heterocycles. The Labute approximate surface area is 131 Å². The van der Waals surface area contributed by atoms with E-state index < -0.39 is 10.0 Å². The summed E-state index contributed by atoms with van der Waals surface area (Å²) in [6.45, 7) is 7.49. The van der Waals surface area contributed by atoms with Crippen molar-refractivity contribution in [2.24, 2.45) is 0 Å². The standard InChI is InChI=1S/C14H24N4O3S/c1-11-10-12(2)18(15-11)13(3)14(19)16-6-5-7-17(9-8-16)22(4,20)21/h10,13H,5-9H2,1-4H3. The maximum atomic E-state index is 12.7. The third-order valence-corrected chi connectivity index (χ3v) is 5.31. The molecule has 22 heavy (non-hydrogen) atoms. The van der Waals surface area contributed by atoms with E-state index >= 15 is 0 Å². The van der Waals surface area contributed by atoms with Crippen molar-refractivity contribution in [2.75, 3.05) is 32.4 Å². The highest BCUT2D eigenvalue weighted by atomic mass is 32.2. The second-order valence-electron chi connectivity index (χ2n) is 5.89. The number of carbonyl (C=O) groups is 1. The molecule has 1 aliphatic heterocycles. The zero-order valence-corrected chi connectivity index (χ0v) is 14.4. The first kappa shape index (κ1) is 17.0. The molecule has 0 N–H and O–H groups in total. The van der Waals surface area contributed by atoms with E-state index in [2.05, 4.69) is 5.10 Å². The first-order valence-corrected chi connectivity index (χ1v) is 9.31. The SMILES string of the molecule is Cc1cc(C)n(C(C)C(=O)N2CCCN(S(C)(=O)=O)CC2)n1. The quantitative estimate of drug-likeness (QED) is 0.812. The molecule has 0 spiro atoms. The van der Waals surface area contributed by atoms with Gasteiger partial charge in [-0.25, -0.2) is 12.7 Å². The first-order valence-electron chi connectivity index (χ1n) is 7.47. The van der Waals surface area contributed by atoms with E-state index in [-0.39, 0.29) is 11.9 Å². The molecule has 0 aliphatic carbocycles. The summed E-state index contributed by atoms with van der Waals surface area (Å²) in [4.78, 5) is 14.4. The largest absolute Gasteiger partial charge is 0.339 e. The van der Waals surface area contributed by atoms with Crippen LogP contribution < -0.4 is 0 Å². The Bertz CT molecular complexity index is 653. The van der Waals surface area contributed by atoms with Crippen LogP contribution >= 0.6 is 0 Å². The molecular formula is C14H24N4O3S. The lowest BCUT2D eigenvalue weighted by atomic mass is 10.2. The van der Waals surface area contributed by atoms with Crippen molar-refractivity contribution >= 4 is 15.9 Å². The van der Waals surface area contributed by atoms with Crippen LogP contribution in [0, 0.1) is 13.8 Å². The van der Waals surface area contributed by atoms with Gasteiger partial charge >= 0.3 is 0 Å². The van der Waals surface area contributed by atoms with Crippen LogP contribution in [0.2, 0.25) is 0 Å². The summed E-state index contributed by atoms with van der Waals surface area (Å²) in [5.41, 5.74) is 1.84. The highest BCUT2D eigenvalue weighted by molar-refractivity contribution is 7.88. The summed E-state index contributed by atoms with van der Waals surface area (Å²) >= 11 is 0. The van der Waals surface area contributed by atoms with Gasteiger partial charge in [0.05, 0.1) is 11.9 Å². The topological polar surface area (TPSA) is 75.5 Å². The number of hydrogen-bond donors (Lipinski definition) is 0. The Morgan fingerprint density at radius 3 is 2.45 bits per heavy atom. The van der Waals surface area contributed by atoms with Crippen molar-refractivity contribution in [3.05, 3.63) is 17.5 Å². The summed E-state index contributed by atoms with van der Waals surface area (Å²) in [6, 6.07) is 1.57. The van der Waals surface area contributed by atoms with Crippen molar-refractivity contribution in [1.82, 2.24) is 19.0 Å². The molecule has 1 aliphatic rings. The van der Waals surface area contributed by atoms with E-state index in [1.165, 1.54) is 10.6 Å². The summed E-state index contributed by atoms with van der Waals surface area (Å²) in [5, 5.41) is 4.37. The average molecular weight is 328 g/mol. The molecule has 0 aromatic carbocycles. The van der Waals surface area contributed by atoms with E-state index in [1.54, 1.807) is 9.58 Å². The lowest BCUT2D eigenvalue weighted by Crippen LogP contribution is -2.40. The molecular weight excluding hydrogens is 304 g/mol. The Hall–Kier alpha value is -1.41. The first-order chi connectivity index (χ1) is 10.2. The van der Waals surface area contributed by atoms with Gasteiger partial charge in [-0.1, -0.05) is 0 Å². The lowest BCUT2D eigenvalue weighted by Gasteiger charge is -2.25. The number of nitrogens with zero attached hydrogens (tertiary/aromatic N) is 4. The van der Waals surface area contributed by atoms with Gasteiger partial charge in [0.2, 0.25) is 15.9 Å². The number of aryl methyl sites for hydroxylation is 2. The number of sulfonamides is 1. The van der Waals surface area contributed by atoms with Crippen molar-refractivity contribution in [1.29, 1.82) is 0 Å². The molecule has 7 nitrogen and oxygen atoms in total.